The zero-order chi connectivity index (χ0) is 21.6. The lowest BCUT2D eigenvalue weighted by atomic mass is 10.1. The van der Waals surface area contributed by atoms with E-state index in [1.54, 1.807) is 16.9 Å². The quantitative estimate of drug-likeness (QED) is 0.488. The van der Waals surface area contributed by atoms with Gasteiger partial charge in [0, 0.05) is 17.7 Å². The first kappa shape index (κ1) is 19.8. The number of nitrogens with one attached hydrogen (secondary N) is 1. The van der Waals surface area contributed by atoms with Crippen LogP contribution >= 0.6 is 0 Å². The molecule has 0 saturated heterocycles. The Labute approximate surface area is 171 Å². The van der Waals surface area contributed by atoms with Crippen molar-refractivity contribution in [2.24, 2.45) is 0 Å². The summed E-state index contributed by atoms with van der Waals surface area (Å²) in [7, 11) is 0. The Morgan fingerprint density at radius 2 is 1.93 bits per heavy atom. The van der Waals surface area contributed by atoms with Crippen molar-refractivity contribution in [2.75, 3.05) is 5.32 Å². The normalized spacial score (nSPS) is 11.4. The second kappa shape index (κ2) is 7.37. The molecule has 1 amide bonds. The van der Waals surface area contributed by atoms with Crippen LogP contribution in [0, 0.1) is 25.5 Å². The maximum atomic E-state index is 14.0. The molecule has 0 fully saturated rings. The monoisotopic (exact) mass is 410 g/mol. The van der Waals surface area contributed by atoms with Crippen LogP contribution in [0.5, 0.6) is 0 Å². The lowest BCUT2D eigenvalue weighted by Gasteiger charge is -2.11. The Bertz CT molecular complexity index is 1270. The largest absolute Gasteiger partial charge is 0.466 e. The fourth-order valence-corrected chi connectivity index (χ4v) is 3.39. The molecule has 3 aromatic heterocycles. The van der Waals surface area contributed by atoms with E-state index in [4.69, 9.17) is 9.40 Å². The molecule has 8 heteroatoms. The van der Waals surface area contributed by atoms with Gasteiger partial charge >= 0.3 is 0 Å². The predicted octanol–water partition coefficient (Wildman–Crippen LogP) is 5.42. The molecule has 0 radical (unpaired) electrons. The number of pyridine rings is 1. The van der Waals surface area contributed by atoms with Crippen molar-refractivity contribution in [2.45, 2.75) is 33.7 Å². The summed E-state index contributed by atoms with van der Waals surface area (Å²) in [4.78, 5) is 17.8. The summed E-state index contributed by atoms with van der Waals surface area (Å²) in [5, 5.41) is 7.32. The molecule has 0 saturated carbocycles. The number of halogens is 2. The van der Waals surface area contributed by atoms with Gasteiger partial charge in [-0.1, -0.05) is 0 Å². The summed E-state index contributed by atoms with van der Waals surface area (Å²) < 4.78 is 34.9. The van der Waals surface area contributed by atoms with Crippen LogP contribution in [0.1, 0.15) is 41.8 Å². The number of hydrogen-bond acceptors (Lipinski definition) is 4. The standard InChI is InChI=1S/C22H20F2N4O2/c1-11(2)28-21-17(10-25-28)16(9-19(26-21)15-7-12(3)30-13(15)4)22(29)27-20-8-14(23)5-6-18(20)24/h5-11H,1-4H3,(H,27,29). The first-order valence-electron chi connectivity index (χ1n) is 9.46. The number of furan rings is 1. The van der Waals surface area contributed by atoms with Crippen LogP contribution in [0.15, 0.2) is 40.9 Å². The van der Waals surface area contributed by atoms with Gasteiger partial charge in [0.05, 0.1) is 28.5 Å². The zero-order valence-electron chi connectivity index (χ0n) is 17.0. The van der Waals surface area contributed by atoms with Gasteiger partial charge in [-0.2, -0.15) is 5.10 Å². The topological polar surface area (TPSA) is 73.0 Å². The van der Waals surface area contributed by atoms with Gasteiger partial charge in [-0.15, -0.1) is 0 Å². The van der Waals surface area contributed by atoms with Gasteiger partial charge in [-0.05, 0) is 52.0 Å². The van der Waals surface area contributed by atoms with Crippen molar-refractivity contribution in [3.05, 3.63) is 65.2 Å². The van der Waals surface area contributed by atoms with Crippen molar-refractivity contribution in [3.63, 3.8) is 0 Å². The Morgan fingerprint density at radius 1 is 1.17 bits per heavy atom. The molecule has 30 heavy (non-hydrogen) atoms. The number of amides is 1. The average Bonchev–Trinajstić information content (AvgIpc) is 3.26. The predicted molar refractivity (Wildman–Crippen MR) is 109 cm³/mol. The maximum Gasteiger partial charge on any atom is 0.256 e. The highest BCUT2D eigenvalue weighted by molar-refractivity contribution is 6.12. The molecular weight excluding hydrogens is 390 g/mol. The smallest absolute Gasteiger partial charge is 0.256 e. The van der Waals surface area contributed by atoms with Crippen molar-refractivity contribution in [3.8, 4) is 11.3 Å². The number of benzene rings is 1. The summed E-state index contributed by atoms with van der Waals surface area (Å²) in [5.41, 5.74) is 1.81. The van der Waals surface area contributed by atoms with Gasteiger partial charge in [0.25, 0.3) is 5.91 Å². The summed E-state index contributed by atoms with van der Waals surface area (Å²) in [5.74, 6) is -0.583. The number of hydrogen-bond donors (Lipinski definition) is 1. The second-order valence-electron chi connectivity index (χ2n) is 7.38. The fourth-order valence-electron chi connectivity index (χ4n) is 3.39. The molecule has 0 atom stereocenters. The average molecular weight is 410 g/mol. The number of nitrogens with zero attached hydrogens (tertiary/aromatic N) is 3. The van der Waals surface area contributed by atoms with E-state index in [1.807, 2.05) is 33.8 Å². The minimum Gasteiger partial charge on any atom is -0.466 e. The molecule has 154 valence electrons. The van der Waals surface area contributed by atoms with E-state index >= 15 is 0 Å². The second-order valence-corrected chi connectivity index (χ2v) is 7.38. The Kier molecular flexibility index (Phi) is 4.85. The third-order valence-electron chi connectivity index (χ3n) is 4.79. The minimum atomic E-state index is -0.727. The van der Waals surface area contributed by atoms with E-state index in [-0.39, 0.29) is 17.3 Å². The number of aromatic nitrogens is 3. The van der Waals surface area contributed by atoms with E-state index in [0.29, 0.717) is 22.5 Å². The van der Waals surface area contributed by atoms with Crippen molar-refractivity contribution in [1.82, 2.24) is 14.8 Å². The molecule has 3 heterocycles. The Hall–Kier alpha value is -3.55. The van der Waals surface area contributed by atoms with Crippen molar-refractivity contribution >= 4 is 22.6 Å². The highest BCUT2D eigenvalue weighted by atomic mass is 19.1. The molecule has 4 rings (SSSR count). The van der Waals surface area contributed by atoms with Gasteiger partial charge in [-0.25, -0.2) is 18.4 Å². The zero-order valence-corrected chi connectivity index (χ0v) is 17.0. The van der Waals surface area contributed by atoms with Gasteiger partial charge < -0.3 is 9.73 Å². The van der Waals surface area contributed by atoms with Crippen molar-refractivity contribution < 1.29 is 18.0 Å². The molecule has 0 bridgehead atoms. The number of anilines is 1. The molecule has 0 aliphatic carbocycles. The molecular formula is C22H20F2N4O2. The third-order valence-corrected chi connectivity index (χ3v) is 4.79. The van der Waals surface area contributed by atoms with E-state index < -0.39 is 17.5 Å². The molecule has 0 aliphatic rings. The number of fused-ring (bicyclic) bond motifs is 1. The molecule has 1 aromatic carbocycles. The minimum absolute atomic E-state index is 0.00834. The lowest BCUT2D eigenvalue weighted by Crippen LogP contribution is -2.14. The summed E-state index contributed by atoms with van der Waals surface area (Å²) in [6.45, 7) is 7.55. The van der Waals surface area contributed by atoms with Crippen LogP contribution in [0.3, 0.4) is 0 Å². The van der Waals surface area contributed by atoms with Gasteiger partial charge in [0.15, 0.2) is 5.65 Å². The highest BCUT2D eigenvalue weighted by Gasteiger charge is 2.21. The van der Waals surface area contributed by atoms with Crippen LogP contribution in [-0.4, -0.2) is 20.7 Å². The number of aryl methyl sites for hydroxylation is 2. The summed E-state index contributed by atoms with van der Waals surface area (Å²) in [6, 6.07) is 6.35. The van der Waals surface area contributed by atoms with Gasteiger partial charge in [-0.3, -0.25) is 4.79 Å². The summed E-state index contributed by atoms with van der Waals surface area (Å²) >= 11 is 0. The Balaban J connectivity index is 1.88. The first-order valence-corrected chi connectivity index (χ1v) is 9.46. The highest BCUT2D eigenvalue weighted by Crippen LogP contribution is 2.30. The fraction of sp³-hybridized carbons (Fsp3) is 0.227. The van der Waals surface area contributed by atoms with E-state index in [2.05, 4.69) is 10.4 Å². The number of carbonyl (C=O) groups excluding carboxylic acids is 1. The summed E-state index contributed by atoms with van der Waals surface area (Å²) in [6.07, 6.45) is 1.55. The van der Waals surface area contributed by atoms with Crippen LogP contribution in [0.4, 0.5) is 14.5 Å². The SMILES string of the molecule is Cc1cc(-c2cc(C(=O)Nc3cc(F)ccc3F)c3cnn(C(C)C)c3n2)c(C)o1. The molecule has 0 aliphatic heterocycles. The van der Waals surface area contributed by atoms with Gasteiger partial charge in [0.2, 0.25) is 0 Å². The molecule has 0 spiro atoms. The lowest BCUT2D eigenvalue weighted by molar-refractivity contribution is 0.102. The van der Waals surface area contributed by atoms with E-state index in [0.717, 1.165) is 29.5 Å². The number of rotatable bonds is 4. The van der Waals surface area contributed by atoms with Crippen LogP contribution < -0.4 is 5.32 Å². The molecule has 0 unspecified atom stereocenters. The van der Waals surface area contributed by atoms with Crippen LogP contribution in [-0.2, 0) is 0 Å². The van der Waals surface area contributed by atoms with Crippen LogP contribution in [0.25, 0.3) is 22.3 Å². The molecule has 6 nitrogen and oxygen atoms in total. The van der Waals surface area contributed by atoms with E-state index in [1.165, 1.54) is 0 Å². The Morgan fingerprint density at radius 3 is 2.60 bits per heavy atom. The van der Waals surface area contributed by atoms with Crippen LogP contribution in [0.2, 0.25) is 0 Å². The number of carbonyl (C=O) groups is 1. The molecule has 4 aromatic rings. The van der Waals surface area contributed by atoms with E-state index in [9.17, 15) is 13.6 Å². The van der Waals surface area contributed by atoms with Crippen molar-refractivity contribution in [1.29, 1.82) is 0 Å². The maximum absolute atomic E-state index is 14.0. The third kappa shape index (κ3) is 3.45. The van der Waals surface area contributed by atoms with Gasteiger partial charge in [0.1, 0.15) is 23.2 Å². The molecule has 1 N–H and O–H groups in total. The first-order chi connectivity index (χ1) is 14.2.